The van der Waals surface area contributed by atoms with E-state index in [9.17, 15) is 4.79 Å². The van der Waals surface area contributed by atoms with E-state index in [0.717, 1.165) is 6.42 Å². The Balaban J connectivity index is 0.00000137. The number of hydrogen-bond acceptors (Lipinski definition) is 2. The third-order valence-electron chi connectivity index (χ3n) is 3.12. The van der Waals surface area contributed by atoms with E-state index in [-0.39, 0.29) is 17.2 Å². The minimum Gasteiger partial charge on any atom is -0.453 e. The lowest BCUT2D eigenvalue weighted by Crippen LogP contribution is -2.54. The molecule has 1 amide bonds. The van der Waals surface area contributed by atoms with Crippen LogP contribution < -0.4 is 0 Å². The number of nitrogens with zero attached hydrogens (tertiary/aromatic N) is 1. The zero-order chi connectivity index (χ0) is 14.6. The number of carbonyl (C=O) groups is 1. The normalized spacial score (nSPS) is 24.8. The fourth-order valence-corrected chi connectivity index (χ4v) is 2.71. The van der Waals surface area contributed by atoms with E-state index in [1.54, 1.807) is 0 Å². The number of methoxy groups -OCH3 is 1. The summed E-state index contributed by atoms with van der Waals surface area (Å²) in [5, 5.41) is 0. The van der Waals surface area contributed by atoms with Crippen molar-refractivity contribution in [1.29, 1.82) is 0 Å². The molecule has 0 spiro atoms. The van der Waals surface area contributed by atoms with Crippen molar-refractivity contribution in [3.05, 3.63) is 12.2 Å². The highest BCUT2D eigenvalue weighted by atomic mass is 16.5. The van der Waals surface area contributed by atoms with Gasteiger partial charge in [0.15, 0.2) is 0 Å². The Labute approximate surface area is 112 Å². The molecule has 0 unspecified atom stereocenters. The summed E-state index contributed by atoms with van der Waals surface area (Å²) in [6, 6.07) is 0. The van der Waals surface area contributed by atoms with Crippen LogP contribution in [0.25, 0.3) is 0 Å². The SMILES string of the molecule is CC.COC(=O)N1C(C)(C)C=C[C@@]1(C)CC(C)C. The molecule has 0 aromatic rings. The molecule has 3 heteroatoms. The number of carbonyl (C=O) groups excluding carboxylic acids is 1. The first-order valence-electron chi connectivity index (χ1n) is 6.81. The lowest BCUT2D eigenvalue weighted by Gasteiger charge is -2.42. The Kier molecular flexibility index (Phi) is 5.91. The summed E-state index contributed by atoms with van der Waals surface area (Å²) in [4.78, 5) is 13.7. The van der Waals surface area contributed by atoms with E-state index in [4.69, 9.17) is 4.74 Å². The van der Waals surface area contributed by atoms with E-state index in [1.165, 1.54) is 7.11 Å². The van der Waals surface area contributed by atoms with Crippen LogP contribution >= 0.6 is 0 Å². The van der Waals surface area contributed by atoms with Gasteiger partial charge < -0.3 is 4.74 Å². The van der Waals surface area contributed by atoms with E-state index in [0.29, 0.717) is 5.92 Å². The van der Waals surface area contributed by atoms with Gasteiger partial charge in [0.1, 0.15) is 0 Å². The Hall–Kier alpha value is -0.990. The smallest absolute Gasteiger partial charge is 0.410 e. The van der Waals surface area contributed by atoms with Crippen LogP contribution in [0.3, 0.4) is 0 Å². The zero-order valence-corrected chi connectivity index (χ0v) is 13.2. The summed E-state index contributed by atoms with van der Waals surface area (Å²) in [6.07, 6.45) is 4.91. The lowest BCUT2D eigenvalue weighted by molar-refractivity contribution is 0.0505. The van der Waals surface area contributed by atoms with Gasteiger partial charge in [-0.25, -0.2) is 4.79 Å². The summed E-state index contributed by atoms with van der Waals surface area (Å²) in [5.41, 5.74) is -0.499. The summed E-state index contributed by atoms with van der Waals surface area (Å²) < 4.78 is 4.89. The van der Waals surface area contributed by atoms with Crippen LogP contribution in [0.2, 0.25) is 0 Å². The fourth-order valence-electron chi connectivity index (χ4n) is 2.71. The first kappa shape index (κ1) is 17.0. The van der Waals surface area contributed by atoms with Gasteiger partial charge in [-0.2, -0.15) is 0 Å². The number of hydrogen-bond donors (Lipinski definition) is 0. The second-order valence-corrected chi connectivity index (χ2v) is 5.75. The molecule has 0 saturated heterocycles. The van der Waals surface area contributed by atoms with Crippen molar-refractivity contribution in [1.82, 2.24) is 4.90 Å². The third kappa shape index (κ3) is 3.50. The van der Waals surface area contributed by atoms with Gasteiger partial charge in [-0.1, -0.05) is 39.8 Å². The predicted molar refractivity (Wildman–Crippen MR) is 76.7 cm³/mol. The predicted octanol–water partition coefficient (Wildman–Crippen LogP) is 4.23. The molecule has 0 bridgehead atoms. The molecule has 1 heterocycles. The quantitative estimate of drug-likeness (QED) is 0.691. The number of amides is 1. The van der Waals surface area contributed by atoms with Gasteiger partial charge in [0.05, 0.1) is 18.2 Å². The van der Waals surface area contributed by atoms with Crippen LogP contribution in [-0.4, -0.2) is 29.2 Å². The highest BCUT2D eigenvalue weighted by Crippen LogP contribution is 2.39. The number of ether oxygens (including phenoxy) is 1. The molecule has 106 valence electrons. The van der Waals surface area contributed by atoms with Crippen molar-refractivity contribution in [2.24, 2.45) is 5.92 Å². The van der Waals surface area contributed by atoms with Gasteiger partial charge in [-0.3, -0.25) is 4.90 Å². The Morgan fingerprint density at radius 3 is 2.11 bits per heavy atom. The molecule has 1 aliphatic rings. The summed E-state index contributed by atoms with van der Waals surface area (Å²) >= 11 is 0. The maximum absolute atomic E-state index is 11.9. The number of rotatable bonds is 2. The standard InChI is InChI=1S/C13H23NO2.C2H6/c1-10(2)9-13(5)8-7-12(3,4)14(13)11(15)16-6;1-2/h7-8,10H,9H2,1-6H3;1-2H3/t13-;/m0./s1. The van der Waals surface area contributed by atoms with Crippen LogP contribution in [0.15, 0.2) is 12.2 Å². The molecule has 1 atom stereocenters. The van der Waals surface area contributed by atoms with Crippen molar-refractivity contribution in [2.45, 2.75) is 66.0 Å². The molecule has 0 aliphatic carbocycles. The Bertz CT molecular complexity index is 308. The van der Waals surface area contributed by atoms with E-state index in [1.807, 2.05) is 32.6 Å². The molecule has 1 rings (SSSR count). The van der Waals surface area contributed by atoms with Crippen LogP contribution in [0, 0.1) is 5.92 Å². The highest BCUT2D eigenvalue weighted by Gasteiger charge is 2.46. The maximum atomic E-state index is 11.9. The van der Waals surface area contributed by atoms with E-state index < -0.39 is 0 Å². The van der Waals surface area contributed by atoms with Crippen molar-refractivity contribution in [2.75, 3.05) is 7.11 Å². The first-order chi connectivity index (χ1) is 8.23. The van der Waals surface area contributed by atoms with Crippen molar-refractivity contribution in [3.8, 4) is 0 Å². The van der Waals surface area contributed by atoms with Gasteiger partial charge in [-0.05, 0) is 33.1 Å². The molecular formula is C15H29NO2. The second-order valence-electron chi connectivity index (χ2n) is 5.75. The van der Waals surface area contributed by atoms with Crippen LogP contribution in [0.1, 0.15) is 54.9 Å². The largest absolute Gasteiger partial charge is 0.453 e. The maximum Gasteiger partial charge on any atom is 0.410 e. The van der Waals surface area contributed by atoms with Gasteiger partial charge in [0.2, 0.25) is 0 Å². The third-order valence-corrected chi connectivity index (χ3v) is 3.12. The van der Waals surface area contributed by atoms with Crippen molar-refractivity contribution >= 4 is 6.09 Å². The van der Waals surface area contributed by atoms with Crippen LogP contribution in [0.5, 0.6) is 0 Å². The van der Waals surface area contributed by atoms with Gasteiger partial charge in [0.25, 0.3) is 0 Å². The molecule has 0 fully saturated rings. The highest BCUT2D eigenvalue weighted by molar-refractivity contribution is 5.71. The molecule has 0 aromatic carbocycles. The topological polar surface area (TPSA) is 29.5 Å². The molecule has 0 radical (unpaired) electrons. The second kappa shape index (κ2) is 6.26. The fraction of sp³-hybridized carbons (Fsp3) is 0.800. The van der Waals surface area contributed by atoms with Gasteiger partial charge >= 0.3 is 6.09 Å². The van der Waals surface area contributed by atoms with Crippen LogP contribution in [-0.2, 0) is 4.74 Å². The average molecular weight is 255 g/mol. The summed E-state index contributed by atoms with van der Waals surface area (Å²) in [6.45, 7) is 14.5. The minimum absolute atomic E-state index is 0.231. The lowest BCUT2D eigenvalue weighted by atomic mass is 9.90. The van der Waals surface area contributed by atoms with Crippen molar-refractivity contribution < 1.29 is 9.53 Å². The molecule has 18 heavy (non-hydrogen) atoms. The molecular weight excluding hydrogens is 226 g/mol. The summed E-state index contributed by atoms with van der Waals surface area (Å²) in [7, 11) is 1.44. The average Bonchev–Trinajstić information content (AvgIpc) is 2.50. The molecule has 0 saturated carbocycles. The summed E-state index contributed by atoms with van der Waals surface area (Å²) in [5.74, 6) is 0.538. The molecule has 1 aliphatic heterocycles. The van der Waals surface area contributed by atoms with Crippen molar-refractivity contribution in [3.63, 3.8) is 0 Å². The monoisotopic (exact) mass is 255 g/mol. The minimum atomic E-state index is -0.267. The van der Waals surface area contributed by atoms with Gasteiger partial charge in [0, 0.05) is 0 Å². The van der Waals surface area contributed by atoms with Crippen LogP contribution in [0.4, 0.5) is 4.79 Å². The molecule has 0 aromatic heterocycles. The molecule has 0 N–H and O–H groups in total. The molecule has 3 nitrogen and oxygen atoms in total. The first-order valence-corrected chi connectivity index (χ1v) is 6.81. The Morgan fingerprint density at radius 1 is 1.22 bits per heavy atom. The van der Waals surface area contributed by atoms with Gasteiger partial charge in [-0.15, -0.1) is 0 Å². The zero-order valence-electron chi connectivity index (χ0n) is 13.2. The van der Waals surface area contributed by atoms with E-state index in [2.05, 4.69) is 32.9 Å². The Morgan fingerprint density at radius 2 is 1.72 bits per heavy atom. The van der Waals surface area contributed by atoms with E-state index >= 15 is 0 Å².